The maximum absolute atomic E-state index is 6.47. The minimum atomic E-state index is 0.565. The average molecular weight is 699 g/mol. The van der Waals surface area contributed by atoms with Crippen LogP contribution in [0.1, 0.15) is 0 Å². The second-order valence-corrected chi connectivity index (χ2v) is 14.0. The predicted octanol–water partition coefficient (Wildman–Crippen LogP) is 12.6. The van der Waals surface area contributed by atoms with Gasteiger partial charge in [0.25, 0.3) is 0 Å². The van der Waals surface area contributed by atoms with Gasteiger partial charge in [0, 0.05) is 43.8 Å². The van der Waals surface area contributed by atoms with Crippen molar-refractivity contribution in [2.75, 3.05) is 0 Å². The summed E-state index contributed by atoms with van der Waals surface area (Å²) in [5.41, 5.74) is 10.1. The lowest BCUT2D eigenvalue weighted by atomic mass is 9.99. The Morgan fingerprint density at radius 2 is 0.962 bits per heavy atom. The molecule has 4 aromatic heterocycles. The first-order valence-corrected chi connectivity index (χ1v) is 18.2. The van der Waals surface area contributed by atoms with Gasteiger partial charge in [-0.3, -0.25) is 0 Å². The summed E-state index contributed by atoms with van der Waals surface area (Å²) in [6.45, 7) is 0. The molecule has 0 spiro atoms. The van der Waals surface area contributed by atoms with Crippen molar-refractivity contribution in [3.63, 3.8) is 0 Å². The monoisotopic (exact) mass is 698 g/mol. The van der Waals surface area contributed by atoms with Crippen molar-refractivity contribution in [2.24, 2.45) is 0 Å². The van der Waals surface area contributed by atoms with Gasteiger partial charge in [0.15, 0.2) is 17.5 Å². The van der Waals surface area contributed by atoms with E-state index in [1.54, 1.807) is 11.3 Å². The van der Waals surface area contributed by atoms with Crippen molar-refractivity contribution in [3.05, 3.63) is 158 Å². The first kappa shape index (κ1) is 29.7. The van der Waals surface area contributed by atoms with Gasteiger partial charge in [-0.05, 0) is 59.7 Å². The van der Waals surface area contributed by atoms with Gasteiger partial charge < -0.3 is 8.83 Å². The number of benzene rings is 7. The topological polar surface area (TPSA) is 77.8 Å². The van der Waals surface area contributed by atoms with Gasteiger partial charge >= 0.3 is 0 Å². The summed E-state index contributed by atoms with van der Waals surface area (Å²) < 4.78 is 13.9. The normalized spacial score (nSPS) is 11.8. The molecule has 0 aliphatic heterocycles. The Hall–Kier alpha value is -6.96. The molecule has 0 bridgehead atoms. The van der Waals surface area contributed by atoms with E-state index in [-0.39, 0.29) is 0 Å². The highest BCUT2D eigenvalue weighted by Gasteiger charge is 2.21. The van der Waals surface area contributed by atoms with Crippen LogP contribution in [0.4, 0.5) is 0 Å². The first-order valence-electron chi connectivity index (χ1n) is 17.4. The molecule has 0 aliphatic rings. The molecule has 53 heavy (non-hydrogen) atoms. The lowest BCUT2D eigenvalue weighted by Gasteiger charge is -2.10. The van der Waals surface area contributed by atoms with Crippen LogP contribution in [0.2, 0.25) is 0 Å². The lowest BCUT2D eigenvalue weighted by Crippen LogP contribution is -2.00. The SMILES string of the molecule is c1ccc(-c2nc(-c3cccc4oc5ccccc5c34)nc(-c3cccc4oc5ccc(-c6cccc(-c7nc8ccccc8s7)c6)cc5c34)n2)cc1. The molecule has 0 radical (unpaired) electrons. The summed E-state index contributed by atoms with van der Waals surface area (Å²) >= 11 is 1.71. The largest absolute Gasteiger partial charge is 0.456 e. The quantitative estimate of drug-likeness (QED) is 0.178. The number of furan rings is 2. The molecule has 0 unspecified atom stereocenters. The summed E-state index contributed by atoms with van der Waals surface area (Å²) in [5.74, 6) is 1.73. The molecule has 0 aliphatic carbocycles. The van der Waals surface area contributed by atoms with E-state index in [9.17, 15) is 0 Å². The fourth-order valence-corrected chi connectivity index (χ4v) is 8.28. The van der Waals surface area contributed by atoms with Crippen LogP contribution in [-0.2, 0) is 0 Å². The highest BCUT2D eigenvalue weighted by atomic mass is 32.1. The highest BCUT2D eigenvalue weighted by molar-refractivity contribution is 7.21. The van der Waals surface area contributed by atoms with E-state index in [0.29, 0.717) is 17.5 Å². The number of nitrogens with zero attached hydrogens (tertiary/aromatic N) is 4. The predicted molar refractivity (Wildman–Crippen MR) is 215 cm³/mol. The van der Waals surface area contributed by atoms with Crippen LogP contribution in [-0.4, -0.2) is 19.9 Å². The van der Waals surface area contributed by atoms with Gasteiger partial charge in [0.1, 0.15) is 27.3 Å². The van der Waals surface area contributed by atoms with Gasteiger partial charge in [-0.15, -0.1) is 11.3 Å². The molecule has 6 nitrogen and oxygen atoms in total. The van der Waals surface area contributed by atoms with E-state index in [2.05, 4.69) is 78.9 Å². The molecule has 0 atom stereocenters. The Morgan fingerprint density at radius 1 is 0.377 bits per heavy atom. The molecule has 0 fully saturated rings. The van der Waals surface area contributed by atoms with Crippen LogP contribution in [0.5, 0.6) is 0 Å². The van der Waals surface area contributed by atoms with Crippen molar-refractivity contribution in [1.29, 1.82) is 0 Å². The maximum Gasteiger partial charge on any atom is 0.164 e. The van der Waals surface area contributed by atoms with Crippen LogP contribution < -0.4 is 0 Å². The molecule has 7 aromatic carbocycles. The molecular weight excluding hydrogens is 673 g/mol. The van der Waals surface area contributed by atoms with E-state index in [0.717, 1.165) is 87.8 Å². The Bertz CT molecular complexity index is 3160. The minimum Gasteiger partial charge on any atom is -0.456 e. The van der Waals surface area contributed by atoms with Crippen molar-refractivity contribution < 1.29 is 8.83 Å². The molecule has 11 aromatic rings. The number of aromatic nitrogens is 4. The summed E-state index contributed by atoms with van der Waals surface area (Å²) in [6, 6.07) is 53.5. The summed E-state index contributed by atoms with van der Waals surface area (Å²) in [6.07, 6.45) is 0. The fourth-order valence-electron chi connectivity index (χ4n) is 7.31. The number of para-hydroxylation sites is 2. The third-order valence-corrected chi connectivity index (χ3v) is 10.9. The Morgan fingerprint density at radius 3 is 1.75 bits per heavy atom. The van der Waals surface area contributed by atoms with E-state index < -0.39 is 0 Å². The smallest absolute Gasteiger partial charge is 0.164 e. The zero-order valence-corrected chi connectivity index (χ0v) is 28.8. The minimum absolute atomic E-state index is 0.565. The molecular formula is C46H26N4O2S. The van der Waals surface area contributed by atoms with E-state index in [1.165, 1.54) is 4.70 Å². The van der Waals surface area contributed by atoms with E-state index >= 15 is 0 Å². The zero-order chi connectivity index (χ0) is 34.9. The molecule has 0 N–H and O–H groups in total. The highest BCUT2D eigenvalue weighted by Crippen LogP contribution is 2.41. The molecule has 0 saturated heterocycles. The third-order valence-electron chi connectivity index (χ3n) is 9.78. The molecule has 248 valence electrons. The second-order valence-electron chi connectivity index (χ2n) is 13.0. The van der Waals surface area contributed by atoms with Crippen molar-refractivity contribution >= 4 is 65.4 Å². The van der Waals surface area contributed by atoms with Crippen LogP contribution in [0.15, 0.2) is 167 Å². The number of rotatable bonds is 5. The fraction of sp³-hybridized carbons (Fsp3) is 0. The van der Waals surface area contributed by atoms with Crippen molar-refractivity contribution in [1.82, 2.24) is 19.9 Å². The standard InChI is InChI=1S/C46H26N4O2S/c1-2-11-27(12-3-1)43-48-44(32-16-9-20-38-41(32)31-15-4-6-19-36(31)51-38)50-45(49-43)33-17-10-21-39-42(33)34-26-29(23-24-37(34)52-39)28-13-8-14-30(25-28)46-47-35-18-5-7-22-40(35)53-46/h1-26H. The number of fused-ring (bicyclic) bond motifs is 7. The summed E-state index contributed by atoms with van der Waals surface area (Å²) in [4.78, 5) is 20.3. The van der Waals surface area contributed by atoms with E-state index in [4.69, 9.17) is 28.8 Å². The van der Waals surface area contributed by atoms with Crippen LogP contribution in [0.3, 0.4) is 0 Å². The van der Waals surface area contributed by atoms with Crippen molar-refractivity contribution in [2.45, 2.75) is 0 Å². The molecule has 0 amide bonds. The van der Waals surface area contributed by atoms with Crippen LogP contribution in [0, 0.1) is 0 Å². The Kier molecular flexibility index (Phi) is 6.62. The van der Waals surface area contributed by atoms with Crippen LogP contribution in [0.25, 0.3) is 110 Å². The van der Waals surface area contributed by atoms with Gasteiger partial charge in [-0.2, -0.15) is 0 Å². The molecule has 7 heteroatoms. The lowest BCUT2D eigenvalue weighted by molar-refractivity contribution is 0.668. The van der Waals surface area contributed by atoms with Gasteiger partial charge in [0.05, 0.1) is 10.2 Å². The third kappa shape index (κ3) is 4.93. The van der Waals surface area contributed by atoms with Gasteiger partial charge in [0.2, 0.25) is 0 Å². The second kappa shape index (κ2) is 11.8. The molecule has 0 saturated carbocycles. The first-order chi connectivity index (χ1) is 26.2. The number of hydrogen-bond donors (Lipinski definition) is 0. The summed E-state index contributed by atoms with van der Waals surface area (Å²) in [5, 5.41) is 4.94. The average Bonchev–Trinajstić information content (AvgIpc) is 3.94. The Balaban J connectivity index is 1.10. The zero-order valence-electron chi connectivity index (χ0n) is 28.0. The van der Waals surface area contributed by atoms with Gasteiger partial charge in [-0.1, -0.05) is 109 Å². The summed E-state index contributed by atoms with van der Waals surface area (Å²) in [7, 11) is 0. The van der Waals surface area contributed by atoms with Crippen LogP contribution >= 0.6 is 11.3 Å². The van der Waals surface area contributed by atoms with Gasteiger partial charge in [-0.25, -0.2) is 19.9 Å². The van der Waals surface area contributed by atoms with Crippen molar-refractivity contribution in [3.8, 4) is 55.9 Å². The Labute approximate surface area is 306 Å². The number of hydrogen-bond acceptors (Lipinski definition) is 7. The maximum atomic E-state index is 6.47. The molecule has 4 heterocycles. The number of thiazole rings is 1. The van der Waals surface area contributed by atoms with E-state index in [1.807, 2.05) is 78.9 Å². The molecule has 11 rings (SSSR count).